The largest absolute Gasteiger partial charge is 0.153 e. The predicted molar refractivity (Wildman–Crippen MR) is 75.4 cm³/mol. The molecule has 0 nitrogen and oxygen atoms in total. The van der Waals surface area contributed by atoms with Crippen molar-refractivity contribution >= 4 is 37.7 Å². The van der Waals surface area contributed by atoms with E-state index in [9.17, 15) is 0 Å². The van der Waals surface area contributed by atoms with Crippen LogP contribution in [0.15, 0.2) is 39.5 Å². The second-order valence-corrected chi connectivity index (χ2v) is 0. The third-order valence-electron chi connectivity index (χ3n) is 0. The smallest absolute Gasteiger partial charge is 0.106 e. The summed E-state index contributed by atoms with van der Waals surface area (Å²) in [7, 11) is 4.67. The molecule has 0 fully saturated rings. The molecule has 0 heterocycles. The molecule has 0 rings (SSSR count). The Morgan fingerprint density at radius 2 is 0.500 bits per heavy atom. The van der Waals surface area contributed by atoms with Crippen LogP contribution >= 0.6 is 37.7 Å². The zero-order valence-corrected chi connectivity index (χ0v) is 11.9. The first-order valence-electron chi connectivity index (χ1n) is 1.83. The van der Waals surface area contributed by atoms with E-state index >= 15 is 0 Å². The Morgan fingerprint density at radius 1 is 0.500 bits per heavy atom. The van der Waals surface area contributed by atoms with E-state index in [1.54, 1.807) is 0 Å². The Hall–Kier alpha value is 0.940. The van der Waals surface area contributed by atoms with Crippen molar-refractivity contribution in [2.75, 3.05) is 0 Å². The van der Waals surface area contributed by atoms with E-state index in [0.29, 0.717) is 0 Å². The molecule has 0 bridgehead atoms. The van der Waals surface area contributed by atoms with E-state index in [-0.39, 0.29) is 19.8 Å². The van der Waals surface area contributed by atoms with Gasteiger partial charge < -0.3 is 0 Å². The van der Waals surface area contributed by atoms with E-state index in [1.165, 1.54) is 0 Å². The molecule has 0 aliphatic carbocycles. The average Bonchev–Trinajstić information content (AvgIpc) is 2.03. The van der Waals surface area contributed by atoms with Crippen LogP contribution in [0.25, 0.3) is 0 Å². The summed E-state index contributed by atoms with van der Waals surface area (Å²) in [6.07, 6.45) is 0. The summed E-state index contributed by atoms with van der Waals surface area (Å²) in [4.78, 5) is 0. The first-order chi connectivity index (χ1) is 4.00. The molecule has 0 aliphatic rings. The van der Waals surface area contributed by atoms with Gasteiger partial charge in [-0.2, -0.15) is 19.8 Å². The summed E-state index contributed by atoms with van der Waals surface area (Å²) in [5.74, 6) is 0. The highest BCUT2D eigenvalue weighted by Crippen LogP contribution is 1.86. The highest BCUT2D eigenvalue weighted by molar-refractivity contribution is 7.92. The van der Waals surface area contributed by atoms with Crippen LogP contribution in [-0.2, 0) is 0 Å². The van der Waals surface area contributed by atoms with Gasteiger partial charge in [0.25, 0.3) is 0 Å². The quantitative estimate of drug-likeness (QED) is 0.432. The van der Waals surface area contributed by atoms with Crippen LogP contribution in [0.3, 0.4) is 0 Å². The zero-order chi connectivity index (χ0) is 8.00. The lowest BCUT2D eigenvalue weighted by Crippen LogP contribution is -0.552. The molecular weight excluding hydrogens is 196 g/mol. The summed E-state index contributed by atoms with van der Waals surface area (Å²) < 4.78 is 0. The highest BCUT2D eigenvalue weighted by Gasteiger charge is 0.882. The second-order valence-electron chi connectivity index (χ2n) is 0. The minimum absolute atomic E-state index is 0. The van der Waals surface area contributed by atoms with Crippen molar-refractivity contribution in [3.8, 4) is 0 Å². The highest BCUT2D eigenvalue weighted by atomic mass is 32.0. The maximum Gasteiger partial charge on any atom is -0.106 e. The molecule has 10 heavy (non-hydrogen) atoms. The molecule has 0 N–H and O–H groups in total. The SMILES string of the molecule is C=C.C=C.C=C.P.P.PP. The third-order valence-corrected chi connectivity index (χ3v) is 0. The lowest BCUT2D eigenvalue weighted by atomic mass is 11.3. The number of hydrogen-bond donors (Lipinski definition) is 0. The van der Waals surface area contributed by atoms with Crippen LogP contribution in [0, 0.1) is 0 Å². The molecule has 4 atom stereocenters. The van der Waals surface area contributed by atoms with Crippen molar-refractivity contribution < 1.29 is 0 Å². The van der Waals surface area contributed by atoms with Gasteiger partial charge in [-0.1, -0.05) is 0 Å². The molecule has 0 aromatic heterocycles. The summed E-state index contributed by atoms with van der Waals surface area (Å²) in [6, 6.07) is 0. The molecule has 4 heteroatoms. The van der Waals surface area contributed by atoms with Gasteiger partial charge in [0.05, 0.1) is 0 Å². The molecule has 0 aliphatic heterocycles. The first-order valence-corrected chi connectivity index (χ1v) is 4.50. The molecule has 0 spiro atoms. The summed E-state index contributed by atoms with van der Waals surface area (Å²) >= 11 is 0. The Morgan fingerprint density at radius 3 is 0.500 bits per heavy atom. The first kappa shape index (κ1) is 44.3. The van der Waals surface area contributed by atoms with Crippen LogP contribution in [0.4, 0.5) is 0 Å². The van der Waals surface area contributed by atoms with Crippen molar-refractivity contribution in [2.45, 2.75) is 0 Å². The maximum atomic E-state index is 3.00. The summed E-state index contributed by atoms with van der Waals surface area (Å²) in [6.45, 7) is 18.0. The van der Waals surface area contributed by atoms with Gasteiger partial charge in [0.1, 0.15) is 0 Å². The van der Waals surface area contributed by atoms with Crippen molar-refractivity contribution in [1.29, 1.82) is 0 Å². The Balaban J connectivity index is -0.00000000500. The fourth-order valence-corrected chi connectivity index (χ4v) is 0. The monoisotopic (exact) mass is 218 g/mol. The molecular formula is C6H22P4. The van der Waals surface area contributed by atoms with Crippen LogP contribution in [-0.4, -0.2) is 0 Å². The van der Waals surface area contributed by atoms with Gasteiger partial charge in [-0.25, -0.2) is 0 Å². The van der Waals surface area contributed by atoms with E-state index in [0.717, 1.165) is 0 Å². The maximum absolute atomic E-state index is 3.00. The Kier molecular flexibility index (Phi) is 3980. The van der Waals surface area contributed by atoms with E-state index in [1.807, 2.05) is 0 Å². The predicted octanol–water partition coefficient (Wildman–Crippen LogP) is 3.17. The fraction of sp³-hybridized carbons (Fsp3) is 0. The standard InChI is InChI=1S/3C2H4.H4P2.2H3P/c4*1-2;;/h4*1-2H2;2*1H3. The molecule has 0 aromatic rings. The third kappa shape index (κ3) is 638. The van der Waals surface area contributed by atoms with Crippen molar-refractivity contribution in [3.05, 3.63) is 39.5 Å². The summed E-state index contributed by atoms with van der Waals surface area (Å²) in [5.41, 5.74) is 0. The van der Waals surface area contributed by atoms with Crippen molar-refractivity contribution in [3.63, 3.8) is 0 Å². The van der Waals surface area contributed by atoms with E-state index in [2.05, 4.69) is 57.3 Å². The minimum atomic E-state index is 0. The van der Waals surface area contributed by atoms with Crippen LogP contribution in [0.1, 0.15) is 0 Å². The Labute approximate surface area is 77.6 Å². The molecule has 0 amide bonds. The van der Waals surface area contributed by atoms with Gasteiger partial charge >= 0.3 is 0 Å². The normalized spacial score (nSPS) is 1.80. The van der Waals surface area contributed by atoms with E-state index in [4.69, 9.17) is 0 Å². The fourth-order valence-electron chi connectivity index (χ4n) is 0. The lowest BCUT2D eigenvalue weighted by Gasteiger charge is -1.12. The second kappa shape index (κ2) is 899. The minimum Gasteiger partial charge on any atom is -0.153 e. The average molecular weight is 218 g/mol. The molecule has 66 valence electrons. The molecule has 0 aromatic carbocycles. The van der Waals surface area contributed by atoms with E-state index < -0.39 is 0 Å². The summed E-state index contributed by atoms with van der Waals surface area (Å²) in [5, 5.41) is 0. The van der Waals surface area contributed by atoms with Gasteiger partial charge in [-0.3, -0.25) is 0 Å². The van der Waals surface area contributed by atoms with Gasteiger partial charge in [0.2, 0.25) is 0 Å². The molecule has 0 saturated carbocycles. The lowest BCUT2D eigenvalue weighted by molar-refractivity contribution is 2.81. The topological polar surface area (TPSA) is 0 Å². The number of rotatable bonds is 0. The van der Waals surface area contributed by atoms with Gasteiger partial charge in [0, 0.05) is 0 Å². The van der Waals surface area contributed by atoms with Gasteiger partial charge in [-0.15, -0.1) is 57.3 Å². The Bertz CT molecular complexity index is 14.5. The van der Waals surface area contributed by atoms with Crippen molar-refractivity contribution in [1.82, 2.24) is 0 Å². The van der Waals surface area contributed by atoms with Gasteiger partial charge in [-0.05, 0) is 0 Å². The van der Waals surface area contributed by atoms with Crippen LogP contribution < -0.4 is 0 Å². The zero-order valence-electron chi connectivity index (χ0n) is 6.81. The van der Waals surface area contributed by atoms with Gasteiger partial charge in [0.15, 0.2) is 0 Å². The molecule has 0 saturated heterocycles. The molecule has 4 unspecified atom stereocenters. The van der Waals surface area contributed by atoms with Crippen LogP contribution in [0.2, 0.25) is 0 Å². The van der Waals surface area contributed by atoms with Crippen LogP contribution in [0.5, 0.6) is 0 Å². The van der Waals surface area contributed by atoms with Crippen molar-refractivity contribution in [2.24, 2.45) is 0 Å². The molecule has 0 radical (unpaired) electrons. The number of hydrogen-bond acceptors (Lipinski definition) is 0.